The zero-order valence-electron chi connectivity index (χ0n) is 12.8. The van der Waals surface area contributed by atoms with Crippen LogP contribution in [0.1, 0.15) is 48.6 Å². The van der Waals surface area contributed by atoms with Crippen LogP contribution in [-0.2, 0) is 6.42 Å². The first kappa shape index (κ1) is 14.8. The number of benzene rings is 2. The van der Waals surface area contributed by atoms with Crippen LogP contribution >= 0.6 is 0 Å². The molecule has 0 saturated heterocycles. The highest BCUT2D eigenvalue weighted by Gasteiger charge is 2.15. The number of nitrogens with one attached hydrogen (secondary N) is 1. The van der Waals surface area contributed by atoms with E-state index in [1.54, 1.807) is 0 Å². The molecule has 0 amide bonds. The van der Waals surface area contributed by atoms with E-state index in [1.807, 2.05) is 0 Å². The predicted molar refractivity (Wildman–Crippen MR) is 87.1 cm³/mol. The molecular weight excluding hydrogens is 242 g/mol. The van der Waals surface area contributed by atoms with Crippen molar-refractivity contribution in [2.24, 2.45) is 0 Å². The summed E-state index contributed by atoms with van der Waals surface area (Å²) < 4.78 is 0. The lowest BCUT2D eigenvalue weighted by molar-refractivity contribution is 0.594. The second-order valence-corrected chi connectivity index (χ2v) is 5.35. The van der Waals surface area contributed by atoms with Crippen LogP contribution < -0.4 is 5.32 Å². The molecule has 0 bridgehead atoms. The van der Waals surface area contributed by atoms with Gasteiger partial charge in [-0.2, -0.15) is 0 Å². The molecule has 1 heteroatoms. The molecule has 0 fully saturated rings. The Morgan fingerprint density at radius 3 is 2.50 bits per heavy atom. The van der Waals surface area contributed by atoms with Gasteiger partial charge in [0.1, 0.15) is 0 Å². The van der Waals surface area contributed by atoms with Crippen molar-refractivity contribution in [2.75, 3.05) is 6.54 Å². The molecule has 0 heterocycles. The monoisotopic (exact) mass is 267 g/mol. The molecule has 2 rings (SSSR count). The lowest BCUT2D eigenvalue weighted by Gasteiger charge is -2.22. The minimum atomic E-state index is 0.297. The second-order valence-electron chi connectivity index (χ2n) is 5.35. The molecule has 0 aromatic heterocycles. The molecule has 1 N–H and O–H groups in total. The zero-order valence-corrected chi connectivity index (χ0v) is 12.8. The van der Waals surface area contributed by atoms with Crippen molar-refractivity contribution in [2.45, 2.75) is 39.7 Å². The molecule has 0 radical (unpaired) electrons. The lowest BCUT2D eigenvalue weighted by Crippen LogP contribution is -2.24. The van der Waals surface area contributed by atoms with Crippen LogP contribution in [0.15, 0.2) is 48.5 Å². The van der Waals surface area contributed by atoms with Gasteiger partial charge in [0.15, 0.2) is 0 Å². The average Bonchev–Trinajstić information content (AvgIpc) is 2.48. The zero-order chi connectivity index (χ0) is 14.4. The summed E-state index contributed by atoms with van der Waals surface area (Å²) in [6, 6.07) is 17.9. The third-order valence-electron chi connectivity index (χ3n) is 3.72. The third kappa shape index (κ3) is 3.49. The maximum absolute atomic E-state index is 3.70. The first-order valence-corrected chi connectivity index (χ1v) is 7.64. The quantitative estimate of drug-likeness (QED) is 0.803. The van der Waals surface area contributed by atoms with Gasteiger partial charge < -0.3 is 5.32 Å². The summed E-state index contributed by atoms with van der Waals surface area (Å²) in [5, 5.41) is 3.70. The predicted octanol–water partition coefficient (Wildman–Crippen LogP) is 4.65. The molecule has 1 atom stereocenters. The van der Waals surface area contributed by atoms with E-state index in [-0.39, 0.29) is 0 Å². The lowest BCUT2D eigenvalue weighted by atomic mass is 9.92. The molecule has 20 heavy (non-hydrogen) atoms. The number of aryl methyl sites for hydroxylation is 2. The van der Waals surface area contributed by atoms with Gasteiger partial charge in [0.2, 0.25) is 0 Å². The average molecular weight is 267 g/mol. The summed E-state index contributed by atoms with van der Waals surface area (Å²) in [4.78, 5) is 0. The van der Waals surface area contributed by atoms with E-state index >= 15 is 0 Å². The fourth-order valence-electron chi connectivity index (χ4n) is 2.68. The van der Waals surface area contributed by atoms with Crippen LogP contribution in [0.25, 0.3) is 0 Å². The molecule has 1 nitrogen and oxygen atoms in total. The van der Waals surface area contributed by atoms with E-state index in [1.165, 1.54) is 22.3 Å². The van der Waals surface area contributed by atoms with E-state index in [0.717, 1.165) is 19.4 Å². The summed E-state index contributed by atoms with van der Waals surface area (Å²) in [5.74, 6) is 0. The summed E-state index contributed by atoms with van der Waals surface area (Å²) in [6.45, 7) is 7.64. The standard InChI is InChI=1S/C19H25N/c1-4-13-20-19(17-11-8-9-15(3)14-17)18-12-7-6-10-16(18)5-2/h6-12,14,19-20H,4-5,13H2,1-3H3. The third-order valence-corrected chi connectivity index (χ3v) is 3.72. The first-order valence-electron chi connectivity index (χ1n) is 7.64. The van der Waals surface area contributed by atoms with Crippen molar-refractivity contribution < 1.29 is 0 Å². The largest absolute Gasteiger partial charge is 0.306 e. The van der Waals surface area contributed by atoms with Gasteiger partial charge in [-0.3, -0.25) is 0 Å². The Bertz CT molecular complexity index is 545. The smallest absolute Gasteiger partial charge is 0.0579 e. The van der Waals surface area contributed by atoms with Crippen LogP contribution in [0.3, 0.4) is 0 Å². The van der Waals surface area contributed by atoms with Gasteiger partial charge >= 0.3 is 0 Å². The minimum Gasteiger partial charge on any atom is -0.306 e. The first-order chi connectivity index (χ1) is 9.76. The molecule has 0 aliphatic heterocycles. The molecular formula is C19H25N. The molecule has 106 valence electrons. The van der Waals surface area contributed by atoms with Crippen LogP contribution in [0.5, 0.6) is 0 Å². The Morgan fingerprint density at radius 1 is 1.00 bits per heavy atom. The molecule has 0 spiro atoms. The van der Waals surface area contributed by atoms with Crippen molar-refractivity contribution in [1.29, 1.82) is 0 Å². The Kier molecular flexibility index (Phi) is 5.37. The number of hydrogen-bond acceptors (Lipinski definition) is 1. The number of rotatable bonds is 6. The van der Waals surface area contributed by atoms with E-state index in [0.29, 0.717) is 6.04 Å². The van der Waals surface area contributed by atoms with Crippen LogP contribution in [-0.4, -0.2) is 6.54 Å². The van der Waals surface area contributed by atoms with E-state index in [9.17, 15) is 0 Å². The summed E-state index contributed by atoms with van der Waals surface area (Å²) in [7, 11) is 0. The summed E-state index contributed by atoms with van der Waals surface area (Å²) >= 11 is 0. The Hall–Kier alpha value is -1.60. The highest BCUT2D eigenvalue weighted by atomic mass is 14.9. The SMILES string of the molecule is CCCNC(c1cccc(C)c1)c1ccccc1CC. The minimum absolute atomic E-state index is 0.297. The molecule has 1 unspecified atom stereocenters. The van der Waals surface area contributed by atoms with Gasteiger partial charge in [0.05, 0.1) is 6.04 Å². The maximum Gasteiger partial charge on any atom is 0.0579 e. The fourth-order valence-corrected chi connectivity index (χ4v) is 2.68. The van der Waals surface area contributed by atoms with Gasteiger partial charge in [-0.05, 0) is 43.0 Å². The molecule has 0 saturated carbocycles. The molecule has 2 aromatic rings. The van der Waals surface area contributed by atoms with Crippen LogP contribution in [0, 0.1) is 6.92 Å². The summed E-state index contributed by atoms with van der Waals surface area (Å²) in [5.41, 5.74) is 5.52. The van der Waals surface area contributed by atoms with Crippen molar-refractivity contribution in [3.05, 3.63) is 70.8 Å². The summed E-state index contributed by atoms with van der Waals surface area (Å²) in [6.07, 6.45) is 2.23. The highest BCUT2D eigenvalue weighted by molar-refractivity contribution is 5.38. The van der Waals surface area contributed by atoms with Crippen LogP contribution in [0.2, 0.25) is 0 Å². The molecule has 0 aliphatic carbocycles. The maximum atomic E-state index is 3.70. The fraction of sp³-hybridized carbons (Fsp3) is 0.368. The van der Waals surface area contributed by atoms with Crippen molar-refractivity contribution in [3.8, 4) is 0 Å². The van der Waals surface area contributed by atoms with Gasteiger partial charge in [-0.1, -0.05) is 67.9 Å². The van der Waals surface area contributed by atoms with E-state index in [2.05, 4.69) is 74.6 Å². The highest BCUT2D eigenvalue weighted by Crippen LogP contribution is 2.26. The van der Waals surface area contributed by atoms with Crippen molar-refractivity contribution >= 4 is 0 Å². The molecule has 2 aromatic carbocycles. The van der Waals surface area contributed by atoms with Gasteiger partial charge in [-0.15, -0.1) is 0 Å². The van der Waals surface area contributed by atoms with Gasteiger partial charge in [-0.25, -0.2) is 0 Å². The Balaban J connectivity index is 2.41. The topological polar surface area (TPSA) is 12.0 Å². The normalized spacial score (nSPS) is 12.3. The van der Waals surface area contributed by atoms with Crippen LogP contribution in [0.4, 0.5) is 0 Å². The van der Waals surface area contributed by atoms with Gasteiger partial charge in [0.25, 0.3) is 0 Å². The van der Waals surface area contributed by atoms with Crippen molar-refractivity contribution in [3.63, 3.8) is 0 Å². The van der Waals surface area contributed by atoms with E-state index in [4.69, 9.17) is 0 Å². The Morgan fingerprint density at radius 2 is 1.80 bits per heavy atom. The number of hydrogen-bond donors (Lipinski definition) is 1. The second kappa shape index (κ2) is 7.25. The van der Waals surface area contributed by atoms with Crippen molar-refractivity contribution in [1.82, 2.24) is 5.32 Å². The van der Waals surface area contributed by atoms with E-state index < -0.39 is 0 Å². The molecule has 0 aliphatic rings. The Labute approximate surface area is 123 Å². The van der Waals surface area contributed by atoms with Gasteiger partial charge in [0, 0.05) is 0 Å².